The number of ether oxygens (including phenoxy) is 1. The summed E-state index contributed by atoms with van der Waals surface area (Å²) in [6, 6.07) is 0. The number of carbonyl (C=O) groups excluding carboxylic acids is 1. The van der Waals surface area contributed by atoms with Gasteiger partial charge in [0.1, 0.15) is 0 Å². The molecule has 2 nitrogen and oxygen atoms in total. The summed E-state index contributed by atoms with van der Waals surface area (Å²) < 4.78 is 5.01. The number of esters is 1. The van der Waals surface area contributed by atoms with Gasteiger partial charge in [0.2, 0.25) is 0 Å². The van der Waals surface area contributed by atoms with Crippen LogP contribution in [-0.4, -0.2) is 12.1 Å². The van der Waals surface area contributed by atoms with Gasteiger partial charge in [-0.1, -0.05) is 24.3 Å². The fraction of sp³-hybridized carbons (Fsp3) is 0.615. The second-order valence-corrected chi connectivity index (χ2v) is 3.62. The molecule has 0 fully saturated rings. The first kappa shape index (κ1) is 13.9. The first-order chi connectivity index (χ1) is 7.16. The highest BCUT2D eigenvalue weighted by Crippen LogP contribution is 2.03. The molecule has 0 heterocycles. The van der Waals surface area contributed by atoms with E-state index in [-0.39, 0.29) is 12.1 Å². The molecule has 0 spiro atoms. The van der Waals surface area contributed by atoms with Gasteiger partial charge in [-0.2, -0.15) is 0 Å². The van der Waals surface area contributed by atoms with Crippen LogP contribution in [0.5, 0.6) is 0 Å². The summed E-state index contributed by atoms with van der Waals surface area (Å²) >= 11 is 0. The number of hydrogen-bond acceptors (Lipinski definition) is 2. The van der Waals surface area contributed by atoms with Crippen molar-refractivity contribution in [3.05, 3.63) is 24.3 Å². The molecule has 86 valence electrons. The second kappa shape index (κ2) is 9.50. The first-order valence-electron chi connectivity index (χ1n) is 5.60. The Morgan fingerprint density at radius 1 is 1.20 bits per heavy atom. The van der Waals surface area contributed by atoms with Crippen LogP contribution in [0.15, 0.2) is 24.3 Å². The molecule has 15 heavy (non-hydrogen) atoms. The third-order valence-electron chi connectivity index (χ3n) is 2.01. The molecule has 0 saturated heterocycles. The van der Waals surface area contributed by atoms with E-state index in [1.165, 1.54) is 6.92 Å². The molecular weight excluding hydrogens is 188 g/mol. The van der Waals surface area contributed by atoms with E-state index in [0.717, 1.165) is 25.7 Å². The van der Waals surface area contributed by atoms with E-state index in [4.69, 9.17) is 4.74 Å². The van der Waals surface area contributed by atoms with Crippen molar-refractivity contribution in [1.29, 1.82) is 0 Å². The van der Waals surface area contributed by atoms with Crippen LogP contribution in [0.3, 0.4) is 0 Å². The van der Waals surface area contributed by atoms with Gasteiger partial charge >= 0.3 is 5.97 Å². The Bertz CT molecular complexity index is 217. The van der Waals surface area contributed by atoms with Gasteiger partial charge < -0.3 is 4.74 Å². The molecule has 0 aliphatic carbocycles. The average Bonchev–Trinajstić information content (AvgIpc) is 2.15. The van der Waals surface area contributed by atoms with Gasteiger partial charge in [-0.15, -0.1) is 0 Å². The normalized spacial score (nSPS) is 13.5. The third kappa shape index (κ3) is 10.9. The summed E-state index contributed by atoms with van der Waals surface area (Å²) in [6.07, 6.45) is 12.7. The quantitative estimate of drug-likeness (QED) is 0.364. The van der Waals surface area contributed by atoms with Crippen molar-refractivity contribution in [2.45, 2.75) is 52.6 Å². The lowest BCUT2D eigenvalue weighted by Gasteiger charge is -2.09. The van der Waals surface area contributed by atoms with Crippen LogP contribution in [0.1, 0.15) is 46.5 Å². The van der Waals surface area contributed by atoms with E-state index in [0.29, 0.717) is 0 Å². The highest BCUT2D eigenvalue weighted by atomic mass is 16.5. The van der Waals surface area contributed by atoms with Crippen molar-refractivity contribution >= 4 is 5.97 Å². The van der Waals surface area contributed by atoms with Gasteiger partial charge in [0.05, 0.1) is 6.10 Å². The molecule has 0 aliphatic heterocycles. The Morgan fingerprint density at radius 2 is 1.80 bits per heavy atom. The van der Waals surface area contributed by atoms with Crippen molar-refractivity contribution in [1.82, 2.24) is 0 Å². The van der Waals surface area contributed by atoms with Gasteiger partial charge in [-0.25, -0.2) is 0 Å². The molecule has 0 radical (unpaired) electrons. The summed E-state index contributed by atoms with van der Waals surface area (Å²) in [5.41, 5.74) is 0. The van der Waals surface area contributed by atoms with Gasteiger partial charge in [0, 0.05) is 6.92 Å². The SMILES string of the molecule is CC=CCCC=CCCC(C)OC(C)=O. The number of allylic oxidation sites excluding steroid dienone is 4. The summed E-state index contributed by atoms with van der Waals surface area (Å²) in [4.78, 5) is 10.6. The predicted molar refractivity (Wildman–Crippen MR) is 63.7 cm³/mol. The topological polar surface area (TPSA) is 26.3 Å². The lowest BCUT2D eigenvalue weighted by Crippen LogP contribution is -2.11. The molecule has 0 bridgehead atoms. The van der Waals surface area contributed by atoms with Crippen LogP contribution >= 0.6 is 0 Å². The van der Waals surface area contributed by atoms with Crippen molar-refractivity contribution in [3.8, 4) is 0 Å². The van der Waals surface area contributed by atoms with Crippen LogP contribution in [0.25, 0.3) is 0 Å². The molecule has 1 atom stereocenters. The maximum Gasteiger partial charge on any atom is 0.302 e. The maximum atomic E-state index is 10.6. The summed E-state index contributed by atoms with van der Waals surface area (Å²) in [5.74, 6) is -0.195. The predicted octanol–water partition coefficient (Wildman–Crippen LogP) is 3.63. The van der Waals surface area contributed by atoms with E-state index in [2.05, 4.69) is 24.3 Å². The zero-order valence-corrected chi connectivity index (χ0v) is 10.0. The molecule has 1 unspecified atom stereocenters. The molecule has 0 aromatic rings. The number of carbonyl (C=O) groups is 1. The number of hydrogen-bond donors (Lipinski definition) is 0. The van der Waals surface area contributed by atoms with Gasteiger partial charge in [-0.3, -0.25) is 4.79 Å². The van der Waals surface area contributed by atoms with Crippen LogP contribution in [-0.2, 0) is 9.53 Å². The average molecular weight is 210 g/mol. The summed E-state index contributed by atoms with van der Waals surface area (Å²) in [6.45, 7) is 5.41. The smallest absolute Gasteiger partial charge is 0.302 e. The third-order valence-corrected chi connectivity index (χ3v) is 2.01. The summed E-state index contributed by atoms with van der Waals surface area (Å²) in [5, 5.41) is 0. The summed E-state index contributed by atoms with van der Waals surface area (Å²) in [7, 11) is 0. The standard InChI is InChI=1S/C13H22O2/c1-4-5-6-7-8-9-10-11-12(2)15-13(3)14/h4-5,8-9,12H,6-7,10-11H2,1-3H3. The molecular formula is C13H22O2. The van der Waals surface area contributed by atoms with E-state index in [9.17, 15) is 4.79 Å². The first-order valence-corrected chi connectivity index (χ1v) is 5.60. The maximum absolute atomic E-state index is 10.6. The number of rotatable bonds is 7. The van der Waals surface area contributed by atoms with Crippen LogP contribution in [0, 0.1) is 0 Å². The van der Waals surface area contributed by atoms with E-state index < -0.39 is 0 Å². The minimum absolute atomic E-state index is 0.0303. The minimum atomic E-state index is -0.195. The number of unbranched alkanes of at least 4 members (excludes halogenated alkanes) is 1. The molecule has 0 aromatic heterocycles. The molecule has 0 saturated carbocycles. The monoisotopic (exact) mass is 210 g/mol. The Balaban J connectivity index is 3.39. The van der Waals surface area contributed by atoms with E-state index >= 15 is 0 Å². The van der Waals surface area contributed by atoms with Crippen molar-refractivity contribution in [3.63, 3.8) is 0 Å². The molecule has 0 rings (SSSR count). The molecule has 2 heteroatoms. The molecule has 0 aromatic carbocycles. The van der Waals surface area contributed by atoms with Gasteiger partial charge in [0.25, 0.3) is 0 Å². The molecule has 0 amide bonds. The largest absolute Gasteiger partial charge is 0.463 e. The lowest BCUT2D eigenvalue weighted by atomic mass is 10.2. The van der Waals surface area contributed by atoms with Crippen molar-refractivity contribution in [2.24, 2.45) is 0 Å². The molecule has 0 N–H and O–H groups in total. The van der Waals surface area contributed by atoms with Gasteiger partial charge in [0.15, 0.2) is 0 Å². The Morgan fingerprint density at radius 3 is 2.40 bits per heavy atom. The Kier molecular flexibility index (Phi) is 8.84. The minimum Gasteiger partial charge on any atom is -0.463 e. The van der Waals surface area contributed by atoms with Crippen molar-refractivity contribution in [2.75, 3.05) is 0 Å². The van der Waals surface area contributed by atoms with Gasteiger partial charge in [-0.05, 0) is 39.5 Å². The van der Waals surface area contributed by atoms with Crippen LogP contribution in [0.2, 0.25) is 0 Å². The van der Waals surface area contributed by atoms with E-state index in [1.807, 2.05) is 13.8 Å². The Labute approximate surface area is 93.0 Å². The van der Waals surface area contributed by atoms with Crippen molar-refractivity contribution < 1.29 is 9.53 Å². The zero-order chi connectivity index (χ0) is 11.5. The Hall–Kier alpha value is -1.05. The highest BCUT2D eigenvalue weighted by Gasteiger charge is 2.02. The van der Waals surface area contributed by atoms with Crippen LogP contribution < -0.4 is 0 Å². The van der Waals surface area contributed by atoms with Crippen LogP contribution in [0.4, 0.5) is 0 Å². The fourth-order valence-electron chi connectivity index (χ4n) is 1.27. The highest BCUT2D eigenvalue weighted by molar-refractivity contribution is 5.66. The second-order valence-electron chi connectivity index (χ2n) is 3.62. The molecule has 0 aliphatic rings. The zero-order valence-electron chi connectivity index (χ0n) is 10.0. The van der Waals surface area contributed by atoms with E-state index in [1.54, 1.807) is 0 Å². The lowest BCUT2D eigenvalue weighted by molar-refractivity contribution is -0.145. The fourth-order valence-corrected chi connectivity index (χ4v) is 1.27.